The second-order valence-electron chi connectivity index (χ2n) is 4.36. The summed E-state index contributed by atoms with van der Waals surface area (Å²) < 4.78 is 25.8. The topological polar surface area (TPSA) is 25.8 Å². The zero-order chi connectivity index (χ0) is 12.8. The van der Waals surface area contributed by atoms with Gasteiger partial charge >= 0.3 is 0 Å². The van der Waals surface area contributed by atoms with Gasteiger partial charge in [0.05, 0.1) is 24.0 Å². The fourth-order valence-corrected chi connectivity index (χ4v) is 2.02. The van der Waals surface area contributed by atoms with E-state index in [4.69, 9.17) is 11.6 Å². The average Bonchev–Trinajstić information content (AvgIpc) is 3.00. The summed E-state index contributed by atoms with van der Waals surface area (Å²) in [6.45, 7) is 0. The number of alkyl halides is 2. The Hall–Kier alpha value is -1.55. The van der Waals surface area contributed by atoms with E-state index < -0.39 is 11.8 Å². The van der Waals surface area contributed by atoms with Gasteiger partial charge in [-0.25, -0.2) is 13.8 Å². The Labute approximate surface area is 108 Å². The lowest BCUT2D eigenvalue weighted by atomic mass is 10.1. The van der Waals surface area contributed by atoms with Gasteiger partial charge in [-0.1, -0.05) is 35.9 Å². The molecule has 2 nitrogen and oxygen atoms in total. The van der Waals surface area contributed by atoms with Crippen LogP contribution < -0.4 is 0 Å². The summed E-state index contributed by atoms with van der Waals surface area (Å²) in [4.78, 5) is 8.06. The second-order valence-corrected chi connectivity index (χ2v) is 4.75. The van der Waals surface area contributed by atoms with Gasteiger partial charge in [0.15, 0.2) is 0 Å². The molecule has 0 N–H and O–H groups in total. The maximum atomic E-state index is 12.9. The summed E-state index contributed by atoms with van der Waals surface area (Å²) in [7, 11) is 0. The number of nitrogens with zero attached hydrogens (tertiary/aromatic N) is 2. The molecule has 1 aromatic heterocycles. The van der Waals surface area contributed by atoms with Gasteiger partial charge in [0.1, 0.15) is 5.15 Å². The average molecular weight is 267 g/mol. The summed E-state index contributed by atoms with van der Waals surface area (Å²) >= 11 is 5.65. The predicted octanol–water partition coefficient (Wildman–Crippen LogP) is 3.92. The first-order valence-corrected chi connectivity index (χ1v) is 5.90. The van der Waals surface area contributed by atoms with Crippen LogP contribution in [0.2, 0.25) is 5.15 Å². The fourth-order valence-electron chi connectivity index (χ4n) is 1.92. The molecule has 0 bridgehead atoms. The molecule has 1 unspecified atom stereocenters. The van der Waals surface area contributed by atoms with Crippen molar-refractivity contribution in [2.45, 2.75) is 18.3 Å². The van der Waals surface area contributed by atoms with Crippen LogP contribution in [0, 0.1) is 0 Å². The maximum absolute atomic E-state index is 12.9. The molecule has 92 valence electrons. The van der Waals surface area contributed by atoms with Gasteiger partial charge in [-0.15, -0.1) is 0 Å². The minimum atomic E-state index is -2.53. The van der Waals surface area contributed by atoms with Crippen molar-refractivity contribution in [1.82, 2.24) is 9.97 Å². The molecular weight excluding hydrogens is 258 g/mol. The van der Waals surface area contributed by atoms with Crippen molar-refractivity contribution in [3.05, 3.63) is 47.4 Å². The van der Waals surface area contributed by atoms with E-state index in [1.54, 1.807) is 30.5 Å². The molecule has 1 heterocycles. The van der Waals surface area contributed by atoms with Crippen LogP contribution in [0.5, 0.6) is 0 Å². The minimum Gasteiger partial charge on any atom is -0.251 e. The largest absolute Gasteiger partial charge is 0.255 e. The van der Waals surface area contributed by atoms with Crippen LogP contribution in [0.4, 0.5) is 8.78 Å². The first-order chi connectivity index (χ1) is 8.56. The van der Waals surface area contributed by atoms with E-state index in [1.165, 1.54) is 6.20 Å². The minimum absolute atomic E-state index is 0.0485. The molecule has 1 aliphatic rings. The molecule has 0 saturated heterocycles. The van der Waals surface area contributed by atoms with E-state index in [0.717, 1.165) is 5.56 Å². The summed E-state index contributed by atoms with van der Waals surface area (Å²) in [5, 5.41) is 0.327. The number of benzene rings is 1. The summed E-state index contributed by atoms with van der Waals surface area (Å²) in [5.41, 5.74) is 2.19. The summed E-state index contributed by atoms with van der Waals surface area (Å²) in [5.74, 6) is -3.15. The van der Waals surface area contributed by atoms with Crippen LogP contribution in [0.25, 0.3) is 11.3 Å². The molecule has 1 saturated carbocycles. The third-order valence-corrected chi connectivity index (χ3v) is 3.25. The van der Waals surface area contributed by atoms with Crippen molar-refractivity contribution in [2.75, 3.05) is 0 Å². The monoisotopic (exact) mass is 266 g/mol. The van der Waals surface area contributed by atoms with E-state index in [9.17, 15) is 8.78 Å². The van der Waals surface area contributed by atoms with Crippen LogP contribution in [-0.4, -0.2) is 15.9 Å². The van der Waals surface area contributed by atoms with Gasteiger partial charge in [0.2, 0.25) is 0 Å². The van der Waals surface area contributed by atoms with Gasteiger partial charge in [-0.3, -0.25) is 4.98 Å². The molecule has 5 heteroatoms. The van der Waals surface area contributed by atoms with Crippen LogP contribution in [0.3, 0.4) is 0 Å². The Balaban J connectivity index is 1.85. The highest BCUT2D eigenvalue weighted by molar-refractivity contribution is 6.29. The second kappa shape index (κ2) is 3.99. The highest BCUT2D eigenvalue weighted by atomic mass is 35.5. The van der Waals surface area contributed by atoms with Crippen LogP contribution in [-0.2, 0) is 0 Å². The molecule has 2 aromatic rings. The zero-order valence-electron chi connectivity index (χ0n) is 9.28. The molecule has 18 heavy (non-hydrogen) atoms. The van der Waals surface area contributed by atoms with E-state index >= 15 is 0 Å². The predicted molar refractivity (Wildman–Crippen MR) is 64.8 cm³/mol. The fraction of sp³-hybridized carbons (Fsp3) is 0.231. The first kappa shape index (κ1) is 11.5. The third kappa shape index (κ3) is 2.08. The molecule has 0 amide bonds. The molecule has 1 atom stereocenters. The van der Waals surface area contributed by atoms with Crippen molar-refractivity contribution >= 4 is 11.6 Å². The van der Waals surface area contributed by atoms with Crippen LogP contribution >= 0.6 is 11.6 Å². The SMILES string of the molecule is FC1(F)CC1c1ccc(-c2cnc(Cl)cn2)cc1. The number of halogens is 3. The lowest BCUT2D eigenvalue weighted by Crippen LogP contribution is -1.93. The van der Waals surface area contributed by atoms with Crippen molar-refractivity contribution in [1.29, 1.82) is 0 Å². The Kier molecular flexibility index (Phi) is 2.55. The molecular formula is C13H9ClF2N2. The number of hydrogen-bond donors (Lipinski definition) is 0. The Bertz CT molecular complexity index is 567. The van der Waals surface area contributed by atoms with Gasteiger partial charge in [-0.05, 0) is 5.56 Å². The highest BCUT2D eigenvalue weighted by Crippen LogP contribution is 2.55. The van der Waals surface area contributed by atoms with Gasteiger partial charge in [0, 0.05) is 12.0 Å². The standard InChI is InChI=1S/C13H9ClF2N2/c14-12-7-17-11(6-18-12)9-3-1-8(2-4-9)10-5-13(10,15)16/h1-4,6-7,10H,5H2. The van der Waals surface area contributed by atoms with Gasteiger partial charge < -0.3 is 0 Å². The summed E-state index contributed by atoms with van der Waals surface area (Å²) in [6.07, 6.45) is 2.97. The van der Waals surface area contributed by atoms with Crippen LogP contribution in [0.15, 0.2) is 36.7 Å². The zero-order valence-corrected chi connectivity index (χ0v) is 10.0. The van der Waals surface area contributed by atoms with E-state index in [1.807, 2.05) is 0 Å². The van der Waals surface area contributed by atoms with Gasteiger partial charge in [0.25, 0.3) is 5.92 Å². The molecule has 1 aromatic carbocycles. The maximum Gasteiger partial charge on any atom is 0.255 e. The molecule has 3 rings (SSSR count). The molecule has 0 aliphatic heterocycles. The van der Waals surface area contributed by atoms with Crippen LogP contribution in [0.1, 0.15) is 17.9 Å². The van der Waals surface area contributed by atoms with Crippen molar-refractivity contribution < 1.29 is 8.78 Å². The van der Waals surface area contributed by atoms with Crippen molar-refractivity contribution in [3.63, 3.8) is 0 Å². The Morgan fingerprint density at radius 1 is 1.11 bits per heavy atom. The van der Waals surface area contributed by atoms with E-state index in [-0.39, 0.29) is 6.42 Å². The highest BCUT2D eigenvalue weighted by Gasteiger charge is 2.57. The lowest BCUT2D eigenvalue weighted by Gasteiger charge is -2.03. The summed E-state index contributed by atoms with van der Waals surface area (Å²) in [6, 6.07) is 7.00. The molecule has 1 aliphatic carbocycles. The number of rotatable bonds is 2. The quantitative estimate of drug-likeness (QED) is 0.823. The number of hydrogen-bond acceptors (Lipinski definition) is 2. The first-order valence-electron chi connectivity index (χ1n) is 5.52. The normalized spacial score (nSPS) is 20.7. The van der Waals surface area contributed by atoms with E-state index in [0.29, 0.717) is 16.4 Å². The van der Waals surface area contributed by atoms with Gasteiger partial charge in [-0.2, -0.15) is 0 Å². The Morgan fingerprint density at radius 3 is 2.28 bits per heavy atom. The van der Waals surface area contributed by atoms with Crippen molar-refractivity contribution in [3.8, 4) is 11.3 Å². The van der Waals surface area contributed by atoms with Crippen molar-refractivity contribution in [2.24, 2.45) is 0 Å². The molecule has 0 radical (unpaired) electrons. The lowest BCUT2D eigenvalue weighted by molar-refractivity contribution is 0.112. The smallest absolute Gasteiger partial charge is 0.251 e. The Morgan fingerprint density at radius 2 is 1.78 bits per heavy atom. The van der Waals surface area contributed by atoms with E-state index in [2.05, 4.69) is 9.97 Å². The third-order valence-electron chi connectivity index (χ3n) is 3.06. The molecule has 1 fully saturated rings. The molecule has 0 spiro atoms. The number of aromatic nitrogens is 2.